The fraction of sp³-hybridized carbons (Fsp3) is 0.143. The van der Waals surface area contributed by atoms with Crippen LogP contribution < -0.4 is 0 Å². The van der Waals surface area contributed by atoms with Crippen molar-refractivity contribution >= 4 is 5.97 Å². The molecule has 2 aromatic heterocycles. The molecule has 0 bridgehead atoms. The Kier molecular flexibility index (Phi) is 5.15. The van der Waals surface area contributed by atoms with E-state index in [0.29, 0.717) is 22.6 Å². The number of rotatable bonds is 6. The third kappa shape index (κ3) is 4.21. The lowest BCUT2D eigenvalue weighted by Crippen LogP contribution is -2.08. The van der Waals surface area contributed by atoms with Crippen LogP contribution in [0.4, 0.5) is 4.39 Å². The van der Waals surface area contributed by atoms with Gasteiger partial charge in [-0.1, -0.05) is 47.6 Å². The number of aromatic nitrogens is 3. The minimum Gasteiger partial charge on any atom is -0.455 e. The van der Waals surface area contributed by atoms with E-state index in [0.717, 1.165) is 5.56 Å². The van der Waals surface area contributed by atoms with Crippen molar-refractivity contribution in [2.75, 3.05) is 0 Å². The second-order valence-corrected chi connectivity index (χ2v) is 6.29. The maximum Gasteiger partial charge on any atom is 0.310 e. The Morgan fingerprint density at radius 3 is 2.59 bits per heavy atom. The van der Waals surface area contributed by atoms with Gasteiger partial charge in [-0.3, -0.25) is 4.79 Å². The van der Waals surface area contributed by atoms with Gasteiger partial charge in [-0.15, -0.1) is 10.2 Å². The van der Waals surface area contributed by atoms with Crippen molar-refractivity contribution in [3.05, 3.63) is 77.6 Å². The van der Waals surface area contributed by atoms with Gasteiger partial charge >= 0.3 is 5.97 Å². The zero-order chi connectivity index (χ0) is 20.2. The first kappa shape index (κ1) is 18.5. The molecule has 0 aliphatic carbocycles. The van der Waals surface area contributed by atoms with E-state index in [2.05, 4.69) is 15.4 Å². The predicted molar refractivity (Wildman–Crippen MR) is 99.9 cm³/mol. The first-order chi connectivity index (χ1) is 14.1. The molecule has 0 unspecified atom stereocenters. The lowest BCUT2D eigenvalue weighted by molar-refractivity contribution is -0.144. The van der Waals surface area contributed by atoms with Crippen molar-refractivity contribution in [3.63, 3.8) is 0 Å². The second-order valence-electron chi connectivity index (χ2n) is 6.29. The van der Waals surface area contributed by atoms with Crippen molar-refractivity contribution in [3.8, 4) is 22.7 Å². The Morgan fingerprint density at radius 1 is 1.07 bits per heavy atom. The van der Waals surface area contributed by atoms with Gasteiger partial charge in [0.1, 0.15) is 22.8 Å². The highest BCUT2D eigenvalue weighted by atomic mass is 19.1. The molecule has 0 spiro atoms. The number of halogens is 1. The minimum atomic E-state index is -0.484. The van der Waals surface area contributed by atoms with Crippen LogP contribution in [0, 0.1) is 12.7 Å². The van der Waals surface area contributed by atoms with E-state index in [1.54, 1.807) is 6.92 Å². The van der Waals surface area contributed by atoms with Crippen molar-refractivity contribution in [1.29, 1.82) is 0 Å². The average molecular weight is 393 g/mol. The summed E-state index contributed by atoms with van der Waals surface area (Å²) < 4.78 is 29.0. The van der Waals surface area contributed by atoms with Gasteiger partial charge in [0.15, 0.2) is 6.61 Å². The summed E-state index contributed by atoms with van der Waals surface area (Å²) >= 11 is 0. The van der Waals surface area contributed by atoms with Gasteiger partial charge in [0.05, 0.1) is 6.42 Å². The first-order valence-electron chi connectivity index (χ1n) is 8.84. The maximum absolute atomic E-state index is 12.9. The van der Waals surface area contributed by atoms with Gasteiger partial charge in [-0.25, -0.2) is 4.39 Å². The molecule has 0 amide bonds. The number of carbonyl (C=O) groups is 1. The van der Waals surface area contributed by atoms with Gasteiger partial charge in [0, 0.05) is 5.56 Å². The smallest absolute Gasteiger partial charge is 0.310 e. The Hall–Kier alpha value is -3.81. The van der Waals surface area contributed by atoms with E-state index in [4.69, 9.17) is 13.7 Å². The van der Waals surface area contributed by atoms with E-state index in [1.165, 1.54) is 24.3 Å². The molecule has 0 saturated heterocycles. The first-order valence-corrected chi connectivity index (χ1v) is 8.84. The van der Waals surface area contributed by atoms with E-state index in [1.807, 2.05) is 30.3 Å². The quantitative estimate of drug-likeness (QED) is 0.455. The summed E-state index contributed by atoms with van der Waals surface area (Å²) in [6, 6.07) is 15.1. The van der Waals surface area contributed by atoms with E-state index in [9.17, 15) is 9.18 Å². The largest absolute Gasteiger partial charge is 0.455 e. The van der Waals surface area contributed by atoms with Crippen molar-refractivity contribution in [2.24, 2.45) is 0 Å². The molecule has 0 N–H and O–H groups in total. The third-order valence-electron chi connectivity index (χ3n) is 4.21. The molecular weight excluding hydrogens is 377 g/mol. The number of nitrogens with zero attached hydrogens (tertiary/aromatic N) is 3. The summed E-state index contributed by atoms with van der Waals surface area (Å²) in [5.74, 6) is 0.0634. The van der Waals surface area contributed by atoms with Gasteiger partial charge in [0.25, 0.3) is 11.8 Å². The molecule has 0 aliphatic heterocycles. The Morgan fingerprint density at radius 2 is 1.83 bits per heavy atom. The molecule has 4 aromatic rings. The molecule has 7 nitrogen and oxygen atoms in total. The average Bonchev–Trinajstić information content (AvgIpc) is 3.35. The predicted octanol–water partition coefficient (Wildman–Crippen LogP) is 4.13. The normalized spacial score (nSPS) is 10.8. The highest BCUT2D eigenvalue weighted by Crippen LogP contribution is 2.33. The van der Waals surface area contributed by atoms with Crippen LogP contribution in [0.25, 0.3) is 22.7 Å². The van der Waals surface area contributed by atoms with Crippen LogP contribution in [-0.4, -0.2) is 21.3 Å². The van der Waals surface area contributed by atoms with E-state index >= 15 is 0 Å². The highest BCUT2D eigenvalue weighted by Gasteiger charge is 2.22. The second kappa shape index (κ2) is 8.05. The summed E-state index contributed by atoms with van der Waals surface area (Å²) in [4.78, 5) is 12.0. The molecule has 8 heteroatoms. The topological polar surface area (TPSA) is 91.3 Å². The van der Waals surface area contributed by atoms with Crippen molar-refractivity contribution in [1.82, 2.24) is 15.4 Å². The van der Waals surface area contributed by atoms with Crippen LogP contribution in [0.3, 0.4) is 0 Å². The van der Waals surface area contributed by atoms with Crippen LogP contribution >= 0.6 is 0 Å². The number of aryl methyl sites for hydroxylation is 1. The summed E-state index contributed by atoms with van der Waals surface area (Å²) in [6.07, 6.45) is 0.0180. The molecule has 0 radical (unpaired) electrons. The molecule has 2 heterocycles. The molecular formula is C21H16FN3O4. The summed E-state index contributed by atoms with van der Waals surface area (Å²) in [5, 5.41) is 12.0. The van der Waals surface area contributed by atoms with Crippen molar-refractivity contribution < 1.29 is 22.9 Å². The highest BCUT2D eigenvalue weighted by molar-refractivity contribution is 5.77. The number of carbonyl (C=O) groups excluding carboxylic acids is 1. The van der Waals surface area contributed by atoms with Crippen molar-refractivity contribution in [2.45, 2.75) is 20.0 Å². The van der Waals surface area contributed by atoms with Gasteiger partial charge < -0.3 is 13.7 Å². The Labute approximate surface area is 165 Å². The molecule has 4 rings (SSSR count). The minimum absolute atomic E-state index is 0.0180. The van der Waals surface area contributed by atoms with Crippen LogP contribution in [0.1, 0.15) is 17.2 Å². The van der Waals surface area contributed by atoms with E-state index < -0.39 is 5.97 Å². The SMILES string of the molecule is Cc1onc(-c2ccccc2)c1-c1nnc(COC(=O)Cc2ccc(F)cc2)o1. The molecule has 2 aromatic carbocycles. The maximum atomic E-state index is 12.9. The van der Waals surface area contributed by atoms with Gasteiger partial charge in [-0.2, -0.15) is 0 Å². The number of hydrogen-bond donors (Lipinski definition) is 0. The molecule has 0 fully saturated rings. The number of benzene rings is 2. The van der Waals surface area contributed by atoms with E-state index in [-0.39, 0.29) is 30.6 Å². The fourth-order valence-electron chi connectivity index (χ4n) is 2.79. The van der Waals surface area contributed by atoms with Gasteiger partial charge in [0.2, 0.25) is 0 Å². The van der Waals surface area contributed by atoms with Gasteiger partial charge in [-0.05, 0) is 24.6 Å². The zero-order valence-electron chi connectivity index (χ0n) is 15.5. The monoisotopic (exact) mass is 393 g/mol. The number of hydrogen-bond acceptors (Lipinski definition) is 7. The van der Waals surface area contributed by atoms with Crippen LogP contribution in [0.2, 0.25) is 0 Å². The van der Waals surface area contributed by atoms with Crippen LogP contribution in [0.15, 0.2) is 63.5 Å². The third-order valence-corrected chi connectivity index (χ3v) is 4.21. The van der Waals surface area contributed by atoms with Crippen LogP contribution in [-0.2, 0) is 22.6 Å². The Bertz CT molecular complexity index is 1120. The standard InChI is InChI=1S/C21H16FN3O4/c1-13-19(20(25-29-13)15-5-3-2-4-6-15)21-24-23-17(28-21)12-27-18(26)11-14-7-9-16(22)10-8-14/h2-10H,11-12H2,1H3. The fourth-order valence-corrected chi connectivity index (χ4v) is 2.79. The molecule has 29 heavy (non-hydrogen) atoms. The molecule has 146 valence electrons. The molecule has 0 aliphatic rings. The summed E-state index contributed by atoms with van der Waals surface area (Å²) in [7, 11) is 0. The van der Waals surface area contributed by atoms with Crippen LogP contribution in [0.5, 0.6) is 0 Å². The lowest BCUT2D eigenvalue weighted by atomic mass is 10.1. The number of ether oxygens (including phenoxy) is 1. The lowest BCUT2D eigenvalue weighted by Gasteiger charge is -2.02. The zero-order valence-corrected chi connectivity index (χ0v) is 15.5. The summed E-state index contributed by atoms with van der Waals surface area (Å²) in [5.41, 5.74) is 2.68. The molecule has 0 saturated carbocycles. The number of esters is 1. The summed E-state index contributed by atoms with van der Waals surface area (Å²) in [6.45, 7) is 1.58. The Balaban J connectivity index is 1.45. The molecule has 0 atom stereocenters.